The molecule has 2 aromatic carbocycles. The van der Waals surface area contributed by atoms with Crippen LogP contribution in [0.1, 0.15) is 28.9 Å². The highest BCUT2D eigenvalue weighted by atomic mass is 16.5. The smallest absolute Gasteiger partial charge is 0.265 e. The highest BCUT2D eigenvalue weighted by molar-refractivity contribution is 6.02. The molecule has 0 aromatic heterocycles. The van der Waals surface area contributed by atoms with Crippen molar-refractivity contribution in [3.05, 3.63) is 59.7 Å². The van der Waals surface area contributed by atoms with Gasteiger partial charge in [0.2, 0.25) is 5.91 Å². The average Bonchev–Trinajstić information content (AvgIpc) is 2.64. The van der Waals surface area contributed by atoms with E-state index < -0.39 is 0 Å². The zero-order valence-corrected chi connectivity index (χ0v) is 13.8. The van der Waals surface area contributed by atoms with E-state index >= 15 is 0 Å². The standard InChI is InChI=1S/C19H18N2O4/c1-13(15-5-3-2-4-6-15)20-18(23)10-21-16-9-14(11-22)7-8-17(16)25-12-19(21)24/h2-9,11,13H,10,12H2,1H3,(H,20,23). The van der Waals surface area contributed by atoms with Crippen LogP contribution in [0.3, 0.4) is 0 Å². The molecule has 128 valence electrons. The minimum absolute atomic E-state index is 0.130. The van der Waals surface area contributed by atoms with Gasteiger partial charge in [-0.2, -0.15) is 0 Å². The Balaban J connectivity index is 1.75. The van der Waals surface area contributed by atoms with Crippen LogP contribution in [0.25, 0.3) is 0 Å². The van der Waals surface area contributed by atoms with Gasteiger partial charge in [0, 0.05) is 5.56 Å². The first kappa shape index (κ1) is 16.7. The Bertz CT molecular complexity index is 804. The van der Waals surface area contributed by atoms with Crippen LogP contribution in [-0.4, -0.2) is 31.3 Å². The molecule has 0 fully saturated rings. The lowest BCUT2D eigenvalue weighted by Gasteiger charge is -2.29. The summed E-state index contributed by atoms with van der Waals surface area (Å²) in [6, 6.07) is 14.2. The van der Waals surface area contributed by atoms with Gasteiger partial charge in [-0.05, 0) is 30.7 Å². The Labute approximate surface area is 145 Å². The van der Waals surface area contributed by atoms with Crippen LogP contribution in [0, 0.1) is 0 Å². The maximum absolute atomic E-state index is 12.4. The first-order valence-corrected chi connectivity index (χ1v) is 7.95. The number of hydrogen-bond acceptors (Lipinski definition) is 4. The molecule has 0 spiro atoms. The van der Waals surface area contributed by atoms with E-state index in [1.807, 2.05) is 37.3 Å². The molecule has 2 aromatic rings. The predicted octanol–water partition coefficient (Wildman–Crippen LogP) is 2.10. The molecule has 6 nitrogen and oxygen atoms in total. The van der Waals surface area contributed by atoms with Gasteiger partial charge in [0.15, 0.2) is 6.61 Å². The fraction of sp³-hybridized carbons (Fsp3) is 0.211. The summed E-state index contributed by atoms with van der Waals surface area (Å²) in [5, 5.41) is 2.88. The molecule has 3 rings (SSSR count). The molecule has 0 saturated carbocycles. The Kier molecular flexibility index (Phi) is 4.79. The molecular weight excluding hydrogens is 320 g/mol. The molecule has 0 aliphatic carbocycles. The number of hydrogen-bond donors (Lipinski definition) is 1. The molecular formula is C19H18N2O4. The molecule has 1 N–H and O–H groups in total. The Morgan fingerprint density at radius 1 is 1.28 bits per heavy atom. The third-order valence-electron chi connectivity index (χ3n) is 4.04. The van der Waals surface area contributed by atoms with E-state index in [-0.39, 0.29) is 31.0 Å². The lowest BCUT2D eigenvalue weighted by molar-refractivity contribution is -0.125. The number of amides is 2. The van der Waals surface area contributed by atoms with Crippen LogP contribution in [-0.2, 0) is 9.59 Å². The minimum Gasteiger partial charge on any atom is -0.482 e. The van der Waals surface area contributed by atoms with E-state index in [4.69, 9.17) is 4.74 Å². The number of nitrogens with zero attached hydrogens (tertiary/aromatic N) is 1. The van der Waals surface area contributed by atoms with Crippen molar-refractivity contribution in [2.45, 2.75) is 13.0 Å². The molecule has 1 atom stereocenters. The topological polar surface area (TPSA) is 75.7 Å². The third kappa shape index (κ3) is 3.68. The van der Waals surface area contributed by atoms with Gasteiger partial charge in [0.25, 0.3) is 5.91 Å². The summed E-state index contributed by atoms with van der Waals surface area (Å²) in [7, 11) is 0. The van der Waals surface area contributed by atoms with Crippen molar-refractivity contribution in [3.8, 4) is 5.75 Å². The highest BCUT2D eigenvalue weighted by Gasteiger charge is 2.28. The van der Waals surface area contributed by atoms with Crippen LogP contribution >= 0.6 is 0 Å². The molecule has 1 aliphatic heterocycles. The van der Waals surface area contributed by atoms with Gasteiger partial charge in [-0.1, -0.05) is 30.3 Å². The Hall–Kier alpha value is -3.15. The first-order valence-electron chi connectivity index (χ1n) is 7.95. The van der Waals surface area contributed by atoms with Crippen molar-refractivity contribution in [1.82, 2.24) is 5.32 Å². The number of rotatable bonds is 5. The van der Waals surface area contributed by atoms with E-state index in [9.17, 15) is 14.4 Å². The second-order valence-corrected chi connectivity index (χ2v) is 5.81. The fourth-order valence-electron chi connectivity index (χ4n) is 2.72. The van der Waals surface area contributed by atoms with Gasteiger partial charge in [-0.25, -0.2) is 0 Å². The lowest BCUT2D eigenvalue weighted by Crippen LogP contribution is -2.45. The molecule has 0 radical (unpaired) electrons. The number of fused-ring (bicyclic) bond motifs is 1. The monoisotopic (exact) mass is 338 g/mol. The van der Waals surface area contributed by atoms with E-state index in [0.717, 1.165) is 5.56 Å². The largest absolute Gasteiger partial charge is 0.482 e. The normalized spacial score (nSPS) is 14.3. The van der Waals surface area contributed by atoms with Gasteiger partial charge >= 0.3 is 0 Å². The number of ether oxygens (including phenoxy) is 1. The van der Waals surface area contributed by atoms with Crippen molar-refractivity contribution < 1.29 is 19.1 Å². The van der Waals surface area contributed by atoms with Gasteiger partial charge < -0.3 is 10.1 Å². The van der Waals surface area contributed by atoms with Crippen molar-refractivity contribution >= 4 is 23.8 Å². The predicted molar refractivity (Wildman–Crippen MR) is 92.7 cm³/mol. The fourth-order valence-corrected chi connectivity index (χ4v) is 2.72. The van der Waals surface area contributed by atoms with Crippen molar-refractivity contribution in [2.24, 2.45) is 0 Å². The van der Waals surface area contributed by atoms with Gasteiger partial charge in [-0.3, -0.25) is 19.3 Å². The maximum Gasteiger partial charge on any atom is 0.265 e. The number of carbonyl (C=O) groups excluding carboxylic acids is 3. The Morgan fingerprint density at radius 3 is 2.76 bits per heavy atom. The average molecular weight is 338 g/mol. The van der Waals surface area contributed by atoms with E-state index in [0.29, 0.717) is 23.3 Å². The maximum atomic E-state index is 12.4. The van der Waals surface area contributed by atoms with Gasteiger partial charge in [-0.15, -0.1) is 0 Å². The van der Waals surface area contributed by atoms with Crippen LogP contribution in [0.15, 0.2) is 48.5 Å². The summed E-state index contributed by atoms with van der Waals surface area (Å²) in [5.41, 5.74) is 1.83. The van der Waals surface area contributed by atoms with Crippen molar-refractivity contribution in [3.63, 3.8) is 0 Å². The second kappa shape index (κ2) is 7.17. The Morgan fingerprint density at radius 2 is 2.04 bits per heavy atom. The zero-order chi connectivity index (χ0) is 17.8. The van der Waals surface area contributed by atoms with Crippen LogP contribution in [0.2, 0.25) is 0 Å². The summed E-state index contributed by atoms with van der Waals surface area (Å²) in [6.45, 7) is 1.62. The number of carbonyl (C=O) groups is 3. The van der Waals surface area contributed by atoms with Crippen LogP contribution in [0.4, 0.5) is 5.69 Å². The second-order valence-electron chi connectivity index (χ2n) is 5.81. The minimum atomic E-state index is -0.321. The van der Waals surface area contributed by atoms with Crippen LogP contribution < -0.4 is 15.0 Å². The molecule has 1 unspecified atom stereocenters. The van der Waals surface area contributed by atoms with E-state index in [1.165, 1.54) is 4.90 Å². The van der Waals surface area contributed by atoms with Crippen molar-refractivity contribution in [2.75, 3.05) is 18.1 Å². The zero-order valence-electron chi connectivity index (χ0n) is 13.8. The quantitative estimate of drug-likeness (QED) is 0.847. The molecule has 1 heterocycles. The summed E-state index contributed by atoms with van der Waals surface area (Å²) < 4.78 is 5.36. The summed E-state index contributed by atoms with van der Waals surface area (Å²) in [4.78, 5) is 36.9. The molecule has 0 bridgehead atoms. The van der Waals surface area contributed by atoms with E-state index in [2.05, 4.69) is 5.32 Å². The highest BCUT2D eigenvalue weighted by Crippen LogP contribution is 2.32. The summed E-state index contributed by atoms with van der Waals surface area (Å²) in [6.07, 6.45) is 0.690. The molecule has 25 heavy (non-hydrogen) atoms. The number of nitrogens with one attached hydrogen (secondary N) is 1. The van der Waals surface area contributed by atoms with Gasteiger partial charge in [0.05, 0.1) is 11.7 Å². The lowest BCUT2D eigenvalue weighted by atomic mass is 10.1. The number of anilines is 1. The first-order chi connectivity index (χ1) is 12.1. The SMILES string of the molecule is CC(NC(=O)CN1C(=O)COc2ccc(C=O)cc21)c1ccccc1. The third-order valence-corrected chi connectivity index (χ3v) is 4.04. The van der Waals surface area contributed by atoms with E-state index in [1.54, 1.807) is 18.2 Å². The molecule has 6 heteroatoms. The molecule has 1 aliphatic rings. The van der Waals surface area contributed by atoms with Gasteiger partial charge in [0.1, 0.15) is 18.6 Å². The molecule has 2 amide bonds. The summed E-state index contributed by atoms with van der Waals surface area (Å²) >= 11 is 0. The number of aldehydes is 1. The number of benzene rings is 2. The summed E-state index contributed by atoms with van der Waals surface area (Å²) in [5.74, 6) is -0.124. The molecule has 0 saturated heterocycles. The van der Waals surface area contributed by atoms with Crippen molar-refractivity contribution in [1.29, 1.82) is 0 Å². The van der Waals surface area contributed by atoms with Crippen LogP contribution in [0.5, 0.6) is 5.75 Å².